The van der Waals surface area contributed by atoms with E-state index in [-0.39, 0.29) is 0 Å². The van der Waals surface area contributed by atoms with Crippen molar-refractivity contribution in [3.05, 3.63) is 11.5 Å². The maximum atomic E-state index is 9.77. The molecule has 0 saturated heterocycles. The normalized spacial score (nSPS) is 19.0. The Morgan fingerprint density at radius 1 is 1.88 bits per heavy atom. The quantitative estimate of drug-likeness (QED) is 0.426. The van der Waals surface area contributed by atoms with Crippen molar-refractivity contribution in [3.63, 3.8) is 0 Å². The van der Waals surface area contributed by atoms with Crippen LogP contribution in [0.1, 0.15) is 0 Å². The summed E-state index contributed by atoms with van der Waals surface area (Å²) in [7, 11) is 0. The Hall–Kier alpha value is -0.480. The lowest BCUT2D eigenvalue weighted by atomic mass is 10.7. The summed E-state index contributed by atoms with van der Waals surface area (Å²) in [4.78, 5) is 9.77. The Kier molecular flexibility index (Phi) is 1.93. The molecule has 44 valence electrons. The third-order valence-corrected chi connectivity index (χ3v) is 1.58. The number of nitrogens with one attached hydrogen (secondary N) is 1. The van der Waals surface area contributed by atoms with Crippen LogP contribution in [0.2, 0.25) is 0 Å². The number of carbonyl (C=O) groups is 1. The Morgan fingerprint density at radius 3 is 3.25 bits per heavy atom. The van der Waals surface area contributed by atoms with Crippen molar-refractivity contribution in [1.82, 2.24) is 9.84 Å². The molecule has 3 nitrogen and oxygen atoms in total. The Morgan fingerprint density at radius 2 is 2.75 bits per heavy atom. The van der Waals surface area contributed by atoms with Crippen molar-refractivity contribution in [2.24, 2.45) is 0 Å². The van der Waals surface area contributed by atoms with Crippen LogP contribution in [0, 0.1) is 0 Å². The lowest BCUT2D eigenvalue weighted by molar-refractivity contribution is -0.111. The first kappa shape index (κ1) is 5.65. The van der Waals surface area contributed by atoms with Gasteiger partial charge >= 0.3 is 0 Å². The highest BCUT2D eigenvalue weighted by atomic mass is 32.2. The lowest BCUT2D eigenvalue weighted by Crippen LogP contribution is -2.28. The van der Waals surface area contributed by atoms with Crippen LogP contribution in [-0.2, 0) is 4.79 Å². The Balaban J connectivity index is 2.19. The summed E-state index contributed by atoms with van der Waals surface area (Å²) in [5, 5.41) is 1.93. The second-order valence-electron chi connectivity index (χ2n) is 1.29. The number of hydrazine groups is 1. The molecular formula is C4H6N2OS. The van der Waals surface area contributed by atoms with E-state index in [0.29, 0.717) is 6.41 Å². The second-order valence-corrected chi connectivity index (χ2v) is 2.21. The second kappa shape index (κ2) is 2.74. The molecule has 0 spiro atoms. The number of hydrogen-bond acceptors (Lipinski definition) is 3. The van der Waals surface area contributed by atoms with E-state index in [4.69, 9.17) is 0 Å². The average Bonchev–Trinajstić information content (AvgIpc) is 2.19. The molecule has 1 heterocycles. The van der Waals surface area contributed by atoms with Crippen LogP contribution in [0.4, 0.5) is 0 Å². The Labute approximate surface area is 51.8 Å². The van der Waals surface area contributed by atoms with E-state index in [9.17, 15) is 4.79 Å². The highest BCUT2D eigenvalue weighted by Crippen LogP contribution is 2.13. The topological polar surface area (TPSA) is 32.3 Å². The molecule has 0 unspecified atom stereocenters. The van der Waals surface area contributed by atoms with E-state index in [2.05, 4.69) is 5.43 Å². The van der Waals surface area contributed by atoms with Crippen molar-refractivity contribution < 1.29 is 4.79 Å². The van der Waals surface area contributed by atoms with Crippen molar-refractivity contribution in [1.29, 1.82) is 0 Å². The molecule has 0 radical (unpaired) electrons. The molecule has 0 aromatic heterocycles. The van der Waals surface area contributed by atoms with Crippen LogP contribution in [0.15, 0.2) is 11.5 Å². The monoisotopic (exact) mass is 130 g/mol. The van der Waals surface area contributed by atoms with Crippen LogP contribution in [0.5, 0.6) is 0 Å². The third-order valence-electron chi connectivity index (χ3n) is 0.752. The first-order valence-electron chi connectivity index (χ1n) is 2.22. The summed E-state index contributed by atoms with van der Waals surface area (Å²) in [6, 6.07) is 0. The molecule has 1 aliphatic rings. The summed E-state index contributed by atoms with van der Waals surface area (Å²) in [5.74, 6) is 0. The fourth-order valence-corrected chi connectivity index (χ4v) is 1.04. The van der Waals surface area contributed by atoms with Crippen LogP contribution in [-0.4, -0.2) is 17.4 Å². The molecule has 0 saturated carbocycles. The van der Waals surface area contributed by atoms with Gasteiger partial charge in [-0.05, 0) is 17.4 Å². The molecule has 1 amide bonds. The molecule has 1 aliphatic heterocycles. The van der Waals surface area contributed by atoms with Gasteiger partial charge in [0.25, 0.3) is 0 Å². The molecule has 0 fully saturated rings. The fraction of sp³-hybridized carbons (Fsp3) is 0.250. The van der Waals surface area contributed by atoms with Gasteiger partial charge in [-0.15, -0.1) is 0 Å². The molecule has 1 rings (SSSR count). The maximum Gasteiger partial charge on any atom is 0.222 e. The molecule has 0 aromatic rings. The van der Waals surface area contributed by atoms with Crippen molar-refractivity contribution in [3.8, 4) is 0 Å². The molecular weight excluding hydrogens is 124 g/mol. The van der Waals surface area contributed by atoms with Crippen molar-refractivity contribution >= 4 is 18.4 Å². The van der Waals surface area contributed by atoms with E-state index in [1.807, 2.05) is 11.5 Å². The molecule has 4 heteroatoms. The molecule has 1 N–H and O–H groups in total. The van der Waals surface area contributed by atoms with Gasteiger partial charge in [-0.3, -0.25) is 10.2 Å². The SMILES string of the molecule is O=CNN1CC=CS1. The van der Waals surface area contributed by atoms with E-state index < -0.39 is 0 Å². The highest BCUT2D eigenvalue weighted by molar-refractivity contribution is 8.00. The number of hydrogen-bond donors (Lipinski definition) is 1. The molecule has 0 bridgehead atoms. The summed E-state index contributed by atoms with van der Waals surface area (Å²) >= 11 is 1.48. The van der Waals surface area contributed by atoms with Gasteiger partial charge < -0.3 is 0 Å². The van der Waals surface area contributed by atoms with E-state index in [1.165, 1.54) is 11.9 Å². The summed E-state index contributed by atoms with van der Waals surface area (Å²) in [5.41, 5.74) is 2.50. The molecule has 0 aromatic carbocycles. The molecule has 0 atom stereocenters. The number of amides is 1. The zero-order chi connectivity index (χ0) is 5.82. The first-order chi connectivity index (χ1) is 3.93. The maximum absolute atomic E-state index is 9.77. The molecule has 8 heavy (non-hydrogen) atoms. The van der Waals surface area contributed by atoms with Gasteiger partial charge in [0.15, 0.2) is 0 Å². The fourth-order valence-electron chi connectivity index (χ4n) is 0.440. The highest BCUT2D eigenvalue weighted by Gasteiger charge is 2.02. The average molecular weight is 130 g/mol. The summed E-state index contributed by atoms with van der Waals surface area (Å²) in [6.45, 7) is 0.795. The predicted octanol–water partition coefficient (Wildman–Crippen LogP) is 0.125. The van der Waals surface area contributed by atoms with E-state index in [0.717, 1.165) is 6.54 Å². The summed E-state index contributed by atoms with van der Waals surface area (Å²) in [6.07, 6.45) is 2.64. The minimum Gasteiger partial charge on any atom is -0.281 e. The van der Waals surface area contributed by atoms with Gasteiger partial charge in [-0.2, -0.15) is 4.41 Å². The van der Waals surface area contributed by atoms with Crippen molar-refractivity contribution in [2.75, 3.05) is 6.54 Å². The van der Waals surface area contributed by atoms with Crippen LogP contribution in [0.25, 0.3) is 0 Å². The first-order valence-corrected chi connectivity index (χ1v) is 3.06. The lowest BCUT2D eigenvalue weighted by Gasteiger charge is -2.08. The largest absolute Gasteiger partial charge is 0.281 e. The van der Waals surface area contributed by atoms with Gasteiger partial charge in [0.1, 0.15) is 0 Å². The molecule has 0 aliphatic carbocycles. The minimum absolute atomic E-state index is 0.667. The van der Waals surface area contributed by atoms with Gasteiger partial charge in [-0.1, -0.05) is 6.08 Å². The third kappa shape index (κ3) is 1.24. The van der Waals surface area contributed by atoms with Crippen molar-refractivity contribution in [2.45, 2.75) is 0 Å². The van der Waals surface area contributed by atoms with E-state index >= 15 is 0 Å². The van der Waals surface area contributed by atoms with Crippen LogP contribution in [0.3, 0.4) is 0 Å². The van der Waals surface area contributed by atoms with Gasteiger partial charge in [0.2, 0.25) is 6.41 Å². The number of carbonyl (C=O) groups excluding carboxylic acids is 1. The summed E-state index contributed by atoms with van der Waals surface area (Å²) < 4.78 is 1.73. The Bertz CT molecular complexity index is 107. The zero-order valence-electron chi connectivity index (χ0n) is 4.20. The standard InChI is InChI=1S/C4H6N2OS/c7-4-5-6-2-1-3-8-6/h1,3-4H,2H2,(H,5,7). The van der Waals surface area contributed by atoms with Gasteiger partial charge in [0.05, 0.1) is 0 Å². The minimum atomic E-state index is 0.667. The van der Waals surface area contributed by atoms with E-state index in [1.54, 1.807) is 4.41 Å². The number of nitrogens with zero attached hydrogens (tertiary/aromatic N) is 1. The van der Waals surface area contributed by atoms with Crippen LogP contribution >= 0.6 is 11.9 Å². The smallest absolute Gasteiger partial charge is 0.222 e. The van der Waals surface area contributed by atoms with Gasteiger partial charge in [0, 0.05) is 6.54 Å². The van der Waals surface area contributed by atoms with Gasteiger partial charge in [-0.25, -0.2) is 0 Å². The van der Waals surface area contributed by atoms with Crippen LogP contribution < -0.4 is 5.43 Å². The predicted molar refractivity (Wildman–Crippen MR) is 32.6 cm³/mol. The number of rotatable bonds is 2. The zero-order valence-corrected chi connectivity index (χ0v) is 5.02.